The number of hydrogen-bond acceptors (Lipinski definition) is 2. The first-order chi connectivity index (χ1) is 22.6. The van der Waals surface area contributed by atoms with E-state index in [-0.39, 0.29) is 5.41 Å². The first-order valence-corrected chi connectivity index (χ1v) is 15.8. The van der Waals surface area contributed by atoms with Crippen molar-refractivity contribution >= 4 is 21.8 Å². The molecule has 218 valence electrons. The lowest BCUT2D eigenvalue weighted by Crippen LogP contribution is -2.14. The minimum atomic E-state index is -0.0194. The Kier molecular flexibility index (Phi) is 5.85. The Hall–Kier alpha value is -5.80. The first kappa shape index (κ1) is 26.6. The zero-order valence-corrected chi connectivity index (χ0v) is 25.8. The van der Waals surface area contributed by atoms with E-state index in [0.29, 0.717) is 0 Å². The molecule has 46 heavy (non-hydrogen) atoms. The predicted molar refractivity (Wildman–Crippen MR) is 190 cm³/mol. The van der Waals surface area contributed by atoms with Crippen LogP contribution in [0.2, 0.25) is 0 Å². The van der Waals surface area contributed by atoms with Gasteiger partial charge in [0.05, 0.1) is 11.0 Å². The van der Waals surface area contributed by atoms with Gasteiger partial charge in [-0.15, -0.1) is 0 Å². The second-order valence-corrected chi connectivity index (χ2v) is 12.7. The summed E-state index contributed by atoms with van der Waals surface area (Å²) in [5, 5.41) is 2.48. The van der Waals surface area contributed by atoms with Gasteiger partial charge in [0.15, 0.2) is 5.82 Å². The predicted octanol–water partition coefficient (Wildman–Crippen LogP) is 10.9. The summed E-state index contributed by atoms with van der Waals surface area (Å²) < 4.78 is 2.35. The molecule has 0 atom stereocenters. The number of nitrogens with zero attached hydrogens (tertiary/aromatic N) is 3. The van der Waals surface area contributed by atoms with Crippen molar-refractivity contribution in [3.05, 3.63) is 163 Å². The molecule has 0 spiro atoms. The topological polar surface area (TPSA) is 30.7 Å². The molecule has 8 aromatic rings. The molecule has 0 amide bonds. The summed E-state index contributed by atoms with van der Waals surface area (Å²) in [6.07, 6.45) is 3.56. The van der Waals surface area contributed by atoms with Crippen molar-refractivity contribution in [2.75, 3.05) is 0 Å². The number of benzene rings is 6. The van der Waals surface area contributed by atoms with Crippen molar-refractivity contribution in [2.24, 2.45) is 0 Å². The molecule has 9 rings (SSSR count). The van der Waals surface area contributed by atoms with Crippen LogP contribution in [0.4, 0.5) is 0 Å². The second kappa shape index (κ2) is 10.1. The summed E-state index contributed by atoms with van der Waals surface area (Å²) >= 11 is 0. The lowest BCUT2D eigenvalue weighted by Gasteiger charge is -2.22. The summed E-state index contributed by atoms with van der Waals surface area (Å²) in [4.78, 5) is 8.83. The lowest BCUT2D eigenvalue weighted by atomic mass is 9.81. The van der Waals surface area contributed by atoms with Gasteiger partial charge in [0.2, 0.25) is 0 Å². The third-order valence-corrected chi connectivity index (χ3v) is 9.73. The Balaban J connectivity index is 1.12. The highest BCUT2D eigenvalue weighted by atomic mass is 15.0. The SMILES string of the molecule is CC1(C)c2ccccc2-c2ccc(-c3cccc(-c4ccc5c(c4)c4ccccc4n5-c4ccc(-c5ncccn5)cc4)c3)cc21. The van der Waals surface area contributed by atoms with Gasteiger partial charge in [0, 0.05) is 39.8 Å². The molecule has 0 unspecified atom stereocenters. The van der Waals surface area contributed by atoms with Crippen molar-refractivity contribution in [3.8, 4) is 50.5 Å². The van der Waals surface area contributed by atoms with Crippen LogP contribution in [-0.4, -0.2) is 14.5 Å². The third-order valence-electron chi connectivity index (χ3n) is 9.73. The molecule has 0 saturated heterocycles. The molecule has 1 aliphatic rings. The average Bonchev–Trinajstić information content (AvgIpc) is 3.57. The van der Waals surface area contributed by atoms with Crippen LogP contribution in [0.3, 0.4) is 0 Å². The van der Waals surface area contributed by atoms with Crippen molar-refractivity contribution in [3.63, 3.8) is 0 Å². The molecule has 0 saturated carbocycles. The summed E-state index contributed by atoms with van der Waals surface area (Å²) in [5.74, 6) is 0.733. The Morgan fingerprint density at radius 3 is 1.91 bits per heavy atom. The van der Waals surface area contributed by atoms with Crippen molar-refractivity contribution in [2.45, 2.75) is 19.3 Å². The van der Waals surface area contributed by atoms with E-state index in [0.717, 1.165) is 17.1 Å². The fraction of sp³-hybridized carbons (Fsp3) is 0.0698. The van der Waals surface area contributed by atoms with Crippen LogP contribution in [0.5, 0.6) is 0 Å². The molecule has 0 N–H and O–H groups in total. The number of fused-ring (bicyclic) bond motifs is 6. The van der Waals surface area contributed by atoms with Gasteiger partial charge in [0.1, 0.15) is 0 Å². The average molecular weight is 590 g/mol. The Morgan fingerprint density at radius 1 is 0.457 bits per heavy atom. The van der Waals surface area contributed by atoms with Crippen molar-refractivity contribution < 1.29 is 0 Å². The van der Waals surface area contributed by atoms with Gasteiger partial charge in [-0.25, -0.2) is 9.97 Å². The molecule has 1 aliphatic carbocycles. The largest absolute Gasteiger partial charge is 0.309 e. The molecule has 6 aromatic carbocycles. The molecule has 0 bridgehead atoms. The van der Waals surface area contributed by atoms with Gasteiger partial charge in [-0.05, 0) is 105 Å². The monoisotopic (exact) mass is 589 g/mol. The Morgan fingerprint density at radius 2 is 1.09 bits per heavy atom. The Labute approximate surface area is 268 Å². The summed E-state index contributed by atoms with van der Waals surface area (Å²) in [7, 11) is 0. The van der Waals surface area contributed by atoms with E-state index in [9.17, 15) is 0 Å². The molecule has 2 aromatic heterocycles. The van der Waals surface area contributed by atoms with Gasteiger partial charge in [0.25, 0.3) is 0 Å². The van der Waals surface area contributed by atoms with Gasteiger partial charge in [-0.2, -0.15) is 0 Å². The van der Waals surface area contributed by atoms with Crippen molar-refractivity contribution in [1.82, 2.24) is 14.5 Å². The maximum Gasteiger partial charge on any atom is 0.159 e. The molecule has 0 aliphatic heterocycles. The highest BCUT2D eigenvalue weighted by Crippen LogP contribution is 2.49. The minimum Gasteiger partial charge on any atom is -0.309 e. The van der Waals surface area contributed by atoms with Crippen LogP contribution >= 0.6 is 0 Å². The highest BCUT2D eigenvalue weighted by molar-refractivity contribution is 6.10. The highest BCUT2D eigenvalue weighted by Gasteiger charge is 2.35. The maximum atomic E-state index is 4.42. The van der Waals surface area contributed by atoms with Crippen LogP contribution in [0.25, 0.3) is 72.3 Å². The van der Waals surface area contributed by atoms with Gasteiger partial charge in [-0.3, -0.25) is 0 Å². The van der Waals surface area contributed by atoms with Crippen LogP contribution in [0.15, 0.2) is 152 Å². The fourth-order valence-electron chi connectivity index (χ4n) is 7.40. The number of hydrogen-bond donors (Lipinski definition) is 0. The first-order valence-electron chi connectivity index (χ1n) is 15.8. The van der Waals surface area contributed by atoms with Crippen LogP contribution < -0.4 is 0 Å². The molecular weight excluding hydrogens is 558 g/mol. The van der Waals surface area contributed by atoms with E-state index < -0.39 is 0 Å². The molecular formula is C43H31N3. The maximum absolute atomic E-state index is 4.42. The Bertz CT molecular complexity index is 2430. The molecule has 3 nitrogen and oxygen atoms in total. The van der Waals surface area contributed by atoms with Crippen LogP contribution in [-0.2, 0) is 5.41 Å². The van der Waals surface area contributed by atoms with Crippen LogP contribution in [0.1, 0.15) is 25.0 Å². The van der Waals surface area contributed by atoms with E-state index in [1.54, 1.807) is 12.4 Å². The number of para-hydroxylation sites is 1. The van der Waals surface area contributed by atoms with E-state index in [4.69, 9.17) is 0 Å². The molecule has 0 radical (unpaired) electrons. The lowest BCUT2D eigenvalue weighted by molar-refractivity contribution is 0.660. The normalized spacial score (nSPS) is 13.2. The van der Waals surface area contributed by atoms with Gasteiger partial charge < -0.3 is 4.57 Å². The molecule has 2 heterocycles. The summed E-state index contributed by atoms with van der Waals surface area (Å²) in [6, 6.07) is 50.7. The van der Waals surface area contributed by atoms with E-state index >= 15 is 0 Å². The molecule has 0 fully saturated rings. The zero-order valence-electron chi connectivity index (χ0n) is 25.8. The summed E-state index contributed by atoms with van der Waals surface area (Å²) in [6.45, 7) is 4.69. The zero-order chi connectivity index (χ0) is 30.8. The number of rotatable bonds is 4. The minimum absolute atomic E-state index is 0.0194. The standard InChI is InChI=1S/C43H31N3/c1-43(2)38-13-5-3-11-34(38)35-21-17-32(27-39(35)43)30-10-7-9-29(25-30)31-18-22-41-37(26-31)36-12-4-6-14-40(36)46(41)33-19-15-28(16-20-33)42-44-23-8-24-45-42/h3-27H,1-2H3. The smallest absolute Gasteiger partial charge is 0.159 e. The summed E-state index contributed by atoms with van der Waals surface area (Å²) in [5.41, 5.74) is 14.9. The van der Waals surface area contributed by atoms with E-state index in [2.05, 4.69) is 162 Å². The number of aromatic nitrogens is 3. The van der Waals surface area contributed by atoms with E-state index in [1.165, 1.54) is 66.3 Å². The third kappa shape index (κ3) is 4.05. The van der Waals surface area contributed by atoms with Gasteiger partial charge >= 0.3 is 0 Å². The van der Waals surface area contributed by atoms with Crippen LogP contribution in [0, 0.1) is 0 Å². The van der Waals surface area contributed by atoms with Gasteiger partial charge in [-0.1, -0.05) is 92.7 Å². The fourth-order valence-corrected chi connectivity index (χ4v) is 7.40. The van der Waals surface area contributed by atoms with E-state index in [1.807, 2.05) is 6.07 Å². The van der Waals surface area contributed by atoms with Crippen molar-refractivity contribution in [1.29, 1.82) is 0 Å². The molecule has 3 heteroatoms. The quantitative estimate of drug-likeness (QED) is 0.204. The second-order valence-electron chi connectivity index (χ2n) is 12.7.